The van der Waals surface area contributed by atoms with Crippen molar-refractivity contribution in [2.45, 2.75) is 38.5 Å². The lowest BCUT2D eigenvalue weighted by Gasteiger charge is -2.32. The zero-order valence-corrected chi connectivity index (χ0v) is 32.8. The van der Waals surface area contributed by atoms with Crippen molar-refractivity contribution in [2.24, 2.45) is 0 Å². The van der Waals surface area contributed by atoms with E-state index in [-0.39, 0.29) is 10.8 Å². The number of hydrogen-bond donors (Lipinski definition) is 0. The van der Waals surface area contributed by atoms with Gasteiger partial charge < -0.3 is 4.90 Å². The van der Waals surface area contributed by atoms with Gasteiger partial charge in [-0.3, -0.25) is 0 Å². The van der Waals surface area contributed by atoms with E-state index in [0.717, 1.165) is 17.1 Å². The van der Waals surface area contributed by atoms with E-state index in [4.69, 9.17) is 0 Å². The largest absolute Gasteiger partial charge is 0.309 e. The molecule has 0 radical (unpaired) electrons. The van der Waals surface area contributed by atoms with Crippen molar-refractivity contribution in [1.29, 1.82) is 0 Å². The van der Waals surface area contributed by atoms with Crippen molar-refractivity contribution in [3.8, 4) is 44.5 Å². The van der Waals surface area contributed by atoms with E-state index in [1.165, 1.54) is 88.3 Å². The van der Waals surface area contributed by atoms with Gasteiger partial charge in [-0.05, 0) is 108 Å². The Balaban J connectivity index is 1.16. The predicted octanol–water partition coefficient (Wildman–Crippen LogP) is 15.4. The minimum absolute atomic E-state index is 0.135. The number of rotatable bonds is 5. The summed E-state index contributed by atoms with van der Waals surface area (Å²) in [6.45, 7) is 9.53. The highest BCUT2D eigenvalue weighted by molar-refractivity contribution is 6.09. The second-order valence-electron chi connectivity index (χ2n) is 16.9. The molecule has 57 heavy (non-hydrogen) atoms. The Morgan fingerprint density at radius 3 is 1.63 bits per heavy atom. The molecule has 0 aromatic heterocycles. The van der Waals surface area contributed by atoms with Crippen LogP contribution in [0.2, 0.25) is 0 Å². The van der Waals surface area contributed by atoms with Gasteiger partial charge >= 0.3 is 0 Å². The van der Waals surface area contributed by atoms with Crippen molar-refractivity contribution in [3.05, 3.63) is 210 Å². The Morgan fingerprint density at radius 1 is 0.333 bits per heavy atom. The van der Waals surface area contributed by atoms with Crippen molar-refractivity contribution >= 4 is 38.6 Å². The average Bonchev–Trinajstić information content (AvgIpc) is 3.63. The molecule has 0 atom stereocenters. The summed E-state index contributed by atoms with van der Waals surface area (Å²) in [5, 5.41) is 5.07. The summed E-state index contributed by atoms with van der Waals surface area (Å²) in [4.78, 5) is 2.53. The number of nitrogens with zero attached hydrogens (tertiary/aromatic N) is 1. The summed E-state index contributed by atoms with van der Waals surface area (Å²) in [6.07, 6.45) is 0. The van der Waals surface area contributed by atoms with Gasteiger partial charge in [0.25, 0.3) is 0 Å². The lowest BCUT2D eigenvalue weighted by molar-refractivity contribution is 0.660. The van der Waals surface area contributed by atoms with Crippen LogP contribution in [0.25, 0.3) is 66.1 Å². The fourth-order valence-corrected chi connectivity index (χ4v) is 10.3. The molecule has 0 fully saturated rings. The molecule has 0 N–H and O–H groups in total. The van der Waals surface area contributed by atoms with Crippen molar-refractivity contribution in [3.63, 3.8) is 0 Å². The summed E-state index contributed by atoms with van der Waals surface area (Å²) < 4.78 is 0. The van der Waals surface area contributed by atoms with Gasteiger partial charge in [0.05, 0.1) is 11.4 Å². The standard InChI is InChI=1S/C56H43N/c1-55(2)49-24-11-7-19-43(49)45-33-31-39(35-51(45)55)57(52-26-13-9-18-42(52)38-30-32-41-37(34-38)29-28-36-16-5-6-17-40(36)41)53-27-14-10-21-46(53)48-23-15-22-47-44-20-8-12-25-50(44)56(3,4)54(47)48/h5-35H,1-4H3. The van der Waals surface area contributed by atoms with Gasteiger partial charge in [-0.25, -0.2) is 0 Å². The van der Waals surface area contributed by atoms with Gasteiger partial charge in [0.2, 0.25) is 0 Å². The van der Waals surface area contributed by atoms with E-state index < -0.39 is 0 Å². The molecule has 0 aliphatic heterocycles. The molecule has 0 heterocycles. The lowest BCUT2D eigenvalue weighted by atomic mass is 9.78. The van der Waals surface area contributed by atoms with E-state index in [2.05, 4.69) is 221 Å². The van der Waals surface area contributed by atoms with E-state index in [9.17, 15) is 0 Å². The smallest absolute Gasteiger partial charge is 0.0540 e. The van der Waals surface area contributed by atoms with Gasteiger partial charge in [-0.2, -0.15) is 0 Å². The maximum Gasteiger partial charge on any atom is 0.0540 e. The van der Waals surface area contributed by atoms with Crippen LogP contribution in [0.3, 0.4) is 0 Å². The van der Waals surface area contributed by atoms with Crippen molar-refractivity contribution in [1.82, 2.24) is 0 Å². The molecule has 0 amide bonds. The van der Waals surface area contributed by atoms with E-state index in [0.29, 0.717) is 0 Å². The lowest BCUT2D eigenvalue weighted by Crippen LogP contribution is -2.18. The Labute approximate surface area is 335 Å². The predicted molar refractivity (Wildman–Crippen MR) is 242 cm³/mol. The molecule has 11 rings (SSSR count). The van der Waals surface area contributed by atoms with Gasteiger partial charge in [0.1, 0.15) is 0 Å². The van der Waals surface area contributed by atoms with Crippen LogP contribution in [0.15, 0.2) is 188 Å². The average molecular weight is 730 g/mol. The Bertz CT molecular complexity index is 3090. The topological polar surface area (TPSA) is 3.24 Å². The van der Waals surface area contributed by atoms with Gasteiger partial charge in [-0.15, -0.1) is 0 Å². The van der Waals surface area contributed by atoms with Crippen LogP contribution in [0.4, 0.5) is 17.1 Å². The van der Waals surface area contributed by atoms with Crippen LogP contribution in [-0.2, 0) is 10.8 Å². The van der Waals surface area contributed by atoms with Crippen LogP contribution in [0.5, 0.6) is 0 Å². The van der Waals surface area contributed by atoms with E-state index >= 15 is 0 Å². The third-order valence-electron chi connectivity index (χ3n) is 13.0. The molecule has 0 unspecified atom stereocenters. The minimum Gasteiger partial charge on any atom is -0.309 e. The van der Waals surface area contributed by atoms with Crippen LogP contribution >= 0.6 is 0 Å². The van der Waals surface area contributed by atoms with Gasteiger partial charge in [0, 0.05) is 27.6 Å². The molecule has 1 heteroatoms. The molecule has 1 nitrogen and oxygen atoms in total. The highest BCUT2D eigenvalue weighted by Gasteiger charge is 2.39. The van der Waals surface area contributed by atoms with E-state index in [1.54, 1.807) is 0 Å². The van der Waals surface area contributed by atoms with Crippen LogP contribution in [-0.4, -0.2) is 0 Å². The molecule has 272 valence electrons. The monoisotopic (exact) mass is 729 g/mol. The van der Waals surface area contributed by atoms with Crippen molar-refractivity contribution in [2.75, 3.05) is 4.90 Å². The Hall–Kier alpha value is -6.70. The molecular weight excluding hydrogens is 687 g/mol. The molecule has 0 saturated carbocycles. The molecule has 0 bridgehead atoms. The number of para-hydroxylation sites is 2. The first-order valence-corrected chi connectivity index (χ1v) is 20.2. The third-order valence-corrected chi connectivity index (χ3v) is 13.0. The minimum atomic E-state index is -0.156. The number of anilines is 3. The third kappa shape index (κ3) is 4.95. The molecule has 2 aliphatic rings. The summed E-state index contributed by atoms with van der Waals surface area (Å²) in [5.41, 5.74) is 18.9. The molecule has 9 aromatic rings. The number of hydrogen-bond acceptors (Lipinski definition) is 1. The molecular formula is C56H43N. The zero-order chi connectivity index (χ0) is 38.5. The summed E-state index contributed by atoms with van der Waals surface area (Å²) in [6, 6.07) is 70.2. The maximum atomic E-state index is 2.53. The van der Waals surface area contributed by atoms with Crippen LogP contribution < -0.4 is 4.90 Å². The second-order valence-corrected chi connectivity index (χ2v) is 16.9. The molecule has 9 aromatic carbocycles. The highest BCUT2D eigenvalue weighted by Crippen LogP contribution is 2.55. The van der Waals surface area contributed by atoms with Gasteiger partial charge in [0.15, 0.2) is 0 Å². The second kappa shape index (κ2) is 12.4. The number of fused-ring (bicyclic) bond motifs is 9. The quantitative estimate of drug-likeness (QED) is 0.159. The first-order chi connectivity index (χ1) is 27.8. The first-order valence-electron chi connectivity index (χ1n) is 20.2. The SMILES string of the molecule is CC1(C)c2ccccc2-c2ccc(N(c3ccccc3-c3ccc4c(ccc5ccccc54)c3)c3ccccc3-c3cccc4c3C(C)(C)c3ccccc3-4)cc21. The summed E-state index contributed by atoms with van der Waals surface area (Å²) in [5.74, 6) is 0. The fourth-order valence-electron chi connectivity index (χ4n) is 10.3. The molecule has 0 saturated heterocycles. The van der Waals surface area contributed by atoms with Crippen molar-refractivity contribution < 1.29 is 0 Å². The Morgan fingerprint density at radius 2 is 0.860 bits per heavy atom. The molecule has 0 spiro atoms. The Kier molecular flexibility index (Phi) is 7.32. The zero-order valence-electron chi connectivity index (χ0n) is 32.8. The first kappa shape index (κ1) is 33.6. The van der Waals surface area contributed by atoms with Gasteiger partial charge in [-0.1, -0.05) is 185 Å². The summed E-state index contributed by atoms with van der Waals surface area (Å²) in [7, 11) is 0. The fraction of sp³-hybridized carbons (Fsp3) is 0.107. The van der Waals surface area contributed by atoms with Crippen LogP contribution in [0.1, 0.15) is 49.9 Å². The number of benzene rings is 9. The maximum absolute atomic E-state index is 2.53. The molecule has 2 aliphatic carbocycles. The van der Waals surface area contributed by atoms with E-state index in [1.807, 2.05) is 0 Å². The van der Waals surface area contributed by atoms with Crippen LogP contribution in [0, 0.1) is 0 Å². The highest BCUT2D eigenvalue weighted by atomic mass is 15.1. The summed E-state index contributed by atoms with van der Waals surface area (Å²) >= 11 is 0. The normalized spacial score (nSPS) is 14.2.